The third-order valence-corrected chi connectivity index (χ3v) is 4.55. The number of nitriles is 1. The molecule has 23 heavy (non-hydrogen) atoms. The number of carbonyl (C=O) groups excluding carboxylic acids is 1. The Balaban J connectivity index is 2.05. The number of hydrogen-bond donors (Lipinski definition) is 0. The summed E-state index contributed by atoms with van der Waals surface area (Å²) in [5.41, 5.74) is 0.459. The van der Waals surface area contributed by atoms with Gasteiger partial charge in [0.05, 0.1) is 36.3 Å². The first-order valence-electron chi connectivity index (χ1n) is 7.53. The van der Waals surface area contributed by atoms with Gasteiger partial charge in [-0.15, -0.1) is 0 Å². The van der Waals surface area contributed by atoms with Crippen molar-refractivity contribution >= 4 is 33.4 Å². The lowest BCUT2D eigenvalue weighted by Crippen LogP contribution is -2.43. The van der Waals surface area contributed by atoms with Gasteiger partial charge in [-0.05, 0) is 18.2 Å². The topological polar surface area (TPSA) is 56.6 Å². The van der Waals surface area contributed by atoms with Crippen molar-refractivity contribution in [2.45, 2.75) is 6.42 Å². The Morgan fingerprint density at radius 2 is 2.13 bits per heavy atom. The Morgan fingerprint density at radius 1 is 1.39 bits per heavy atom. The third-order valence-electron chi connectivity index (χ3n) is 3.73. The van der Waals surface area contributed by atoms with E-state index in [0.717, 1.165) is 37.3 Å². The lowest BCUT2D eigenvalue weighted by molar-refractivity contribution is 0.0326. The summed E-state index contributed by atoms with van der Waals surface area (Å²) < 4.78 is 6.13. The molecule has 1 aromatic carbocycles. The standard InChI is InChI=1S/C16H19BrClN3O2/c17-13-2-3-15(18)14(12-13)16(22)21(5-1-4-19)7-6-20-8-10-23-11-9-20/h2-3,12H,1,5-11H2. The summed E-state index contributed by atoms with van der Waals surface area (Å²) in [6.45, 7) is 4.95. The molecular formula is C16H19BrClN3O2. The molecule has 1 aromatic rings. The van der Waals surface area contributed by atoms with Crippen molar-refractivity contribution in [3.05, 3.63) is 33.3 Å². The molecular weight excluding hydrogens is 382 g/mol. The number of carbonyl (C=O) groups is 1. The molecule has 1 amide bonds. The Bertz CT molecular complexity index is 585. The predicted molar refractivity (Wildman–Crippen MR) is 92.5 cm³/mol. The molecule has 0 aliphatic carbocycles. The van der Waals surface area contributed by atoms with Crippen LogP contribution >= 0.6 is 27.5 Å². The largest absolute Gasteiger partial charge is 0.379 e. The van der Waals surface area contributed by atoms with Crippen LogP contribution in [0.3, 0.4) is 0 Å². The van der Waals surface area contributed by atoms with E-state index in [1.807, 2.05) is 0 Å². The number of amides is 1. The van der Waals surface area contributed by atoms with Gasteiger partial charge in [0.15, 0.2) is 0 Å². The fourth-order valence-electron chi connectivity index (χ4n) is 2.42. The van der Waals surface area contributed by atoms with Crippen molar-refractivity contribution in [2.75, 3.05) is 45.9 Å². The summed E-state index contributed by atoms with van der Waals surface area (Å²) in [6.07, 6.45) is 0.306. The van der Waals surface area contributed by atoms with E-state index in [9.17, 15) is 4.79 Å². The van der Waals surface area contributed by atoms with Gasteiger partial charge in [-0.2, -0.15) is 5.26 Å². The first kappa shape index (κ1) is 18.2. The normalized spacial score (nSPS) is 15.2. The summed E-state index contributed by atoms with van der Waals surface area (Å²) in [5, 5.41) is 9.26. The second-order valence-corrected chi connectivity index (χ2v) is 6.60. The molecule has 0 unspecified atom stereocenters. The molecule has 1 fully saturated rings. The van der Waals surface area contributed by atoms with Crippen molar-refractivity contribution in [3.8, 4) is 6.07 Å². The summed E-state index contributed by atoms with van der Waals surface area (Å²) >= 11 is 9.52. The maximum Gasteiger partial charge on any atom is 0.255 e. The van der Waals surface area contributed by atoms with E-state index < -0.39 is 0 Å². The highest BCUT2D eigenvalue weighted by atomic mass is 79.9. The summed E-state index contributed by atoms with van der Waals surface area (Å²) in [6, 6.07) is 7.32. The van der Waals surface area contributed by atoms with Crippen LogP contribution in [0, 0.1) is 11.3 Å². The maximum absolute atomic E-state index is 12.8. The molecule has 1 aliphatic rings. The van der Waals surface area contributed by atoms with Gasteiger partial charge >= 0.3 is 0 Å². The molecule has 0 aromatic heterocycles. The van der Waals surface area contributed by atoms with E-state index in [1.54, 1.807) is 23.1 Å². The van der Waals surface area contributed by atoms with Crippen LogP contribution in [0.1, 0.15) is 16.8 Å². The molecule has 0 spiro atoms. The van der Waals surface area contributed by atoms with E-state index >= 15 is 0 Å². The van der Waals surface area contributed by atoms with Crippen LogP contribution in [0.15, 0.2) is 22.7 Å². The number of rotatable bonds is 6. The highest BCUT2D eigenvalue weighted by Crippen LogP contribution is 2.22. The Morgan fingerprint density at radius 3 is 2.83 bits per heavy atom. The third kappa shape index (κ3) is 5.47. The smallest absolute Gasteiger partial charge is 0.255 e. The highest BCUT2D eigenvalue weighted by molar-refractivity contribution is 9.10. The fraction of sp³-hybridized carbons (Fsp3) is 0.500. The second kappa shape index (κ2) is 9.24. The van der Waals surface area contributed by atoms with Gasteiger partial charge in [-0.25, -0.2) is 0 Å². The van der Waals surface area contributed by atoms with Gasteiger partial charge in [0.25, 0.3) is 5.91 Å². The number of hydrogen-bond acceptors (Lipinski definition) is 4. The summed E-state index contributed by atoms with van der Waals surface area (Å²) in [4.78, 5) is 16.7. The van der Waals surface area contributed by atoms with E-state index in [-0.39, 0.29) is 5.91 Å². The average Bonchev–Trinajstić information content (AvgIpc) is 2.57. The predicted octanol–water partition coefficient (Wildman–Crippen LogP) is 2.79. The van der Waals surface area contributed by atoms with E-state index in [0.29, 0.717) is 30.1 Å². The monoisotopic (exact) mass is 399 g/mol. The molecule has 1 heterocycles. The number of ether oxygens (including phenoxy) is 1. The van der Waals surface area contributed by atoms with Gasteiger partial charge in [0, 0.05) is 37.2 Å². The molecule has 0 atom stereocenters. The van der Waals surface area contributed by atoms with Gasteiger partial charge < -0.3 is 9.64 Å². The molecule has 0 radical (unpaired) electrons. The molecule has 0 bridgehead atoms. The van der Waals surface area contributed by atoms with Crippen LogP contribution in [0.25, 0.3) is 0 Å². The first-order valence-corrected chi connectivity index (χ1v) is 8.70. The van der Waals surface area contributed by atoms with E-state index in [2.05, 4.69) is 26.9 Å². The molecule has 0 saturated carbocycles. The average molecular weight is 401 g/mol. The van der Waals surface area contributed by atoms with Gasteiger partial charge in [-0.1, -0.05) is 27.5 Å². The molecule has 124 valence electrons. The van der Waals surface area contributed by atoms with Crippen LogP contribution in [0.2, 0.25) is 5.02 Å². The summed E-state index contributed by atoms with van der Waals surface area (Å²) in [7, 11) is 0. The second-order valence-electron chi connectivity index (χ2n) is 5.28. The van der Waals surface area contributed by atoms with Gasteiger partial charge in [0.2, 0.25) is 0 Å². The maximum atomic E-state index is 12.8. The minimum absolute atomic E-state index is 0.139. The van der Waals surface area contributed by atoms with Crippen LogP contribution in [-0.4, -0.2) is 61.6 Å². The minimum Gasteiger partial charge on any atom is -0.379 e. The van der Waals surface area contributed by atoms with Crippen LogP contribution in [0.4, 0.5) is 0 Å². The number of benzene rings is 1. The Kier molecular flexibility index (Phi) is 7.31. The number of morpholine rings is 1. The van der Waals surface area contributed by atoms with Gasteiger partial charge in [0.1, 0.15) is 0 Å². The van der Waals surface area contributed by atoms with Crippen molar-refractivity contribution in [1.82, 2.24) is 9.80 Å². The Hall–Kier alpha value is -1.13. The SMILES string of the molecule is N#CCCN(CCN1CCOCC1)C(=O)c1cc(Br)ccc1Cl. The Labute approximate surface area is 149 Å². The molecule has 5 nitrogen and oxygen atoms in total. The lowest BCUT2D eigenvalue weighted by atomic mass is 10.2. The first-order chi connectivity index (χ1) is 11.1. The van der Waals surface area contributed by atoms with Gasteiger partial charge in [-0.3, -0.25) is 9.69 Å². The molecule has 1 saturated heterocycles. The lowest BCUT2D eigenvalue weighted by Gasteiger charge is -2.30. The number of halogens is 2. The zero-order valence-electron chi connectivity index (χ0n) is 12.8. The fourth-order valence-corrected chi connectivity index (χ4v) is 2.98. The van der Waals surface area contributed by atoms with E-state index in [1.165, 1.54) is 0 Å². The summed E-state index contributed by atoms with van der Waals surface area (Å²) in [5.74, 6) is -0.139. The molecule has 2 rings (SSSR count). The highest BCUT2D eigenvalue weighted by Gasteiger charge is 2.20. The zero-order chi connectivity index (χ0) is 16.7. The van der Waals surface area contributed by atoms with Crippen LogP contribution < -0.4 is 0 Å². The quantitative estimate of drug-likeness (QED) is 0.737. The van der Waals surface area contributed by atoms with Crippen molar-refractivity contribution in [2.24, 2.45) is 0 Å². The van der Waals surface area contributed by atoms with Crippen molar-refractivity contribution < 1.29 is 9.53 Å². The van der Waals surface area contributed by atoms with Crippen molar-refractivity contribution in [3.63, 3.8) is 0 Å². The van der Waals surface area contributed by atoms with Crippen LogP contribution in [-0.2, 0) is 4.74 Å². The molecule has 1 aliphatic heterocycles. The van der Waals surface area contributed by atoms with Crippen molar-refractivity contribution in [1.29, 1.82) is 5.26 Å². The number of nitrogens with zero attached hydrogens (tertiary/aromatic N) is 3. The van der Waals surface area contributed by atoms with Crippen LogP contribution in [0.5, 0.6) is 0 Å². The molecule has 7 heteroatoms. The van der Waals surface area contributed by atoms with E-state index in [4.69, 9.17) is 21.6 Å². The zero-order valence-corrected chi connectivity index (χ0v) is 15.1. The minimum atomic E-state index is -0.139. The molecule has 0 N–H and O–H groups in total.